The van der Waals surface area contributed by atoms with E-state index in [0.717, 1.165) is 6.42 Å². The Morgan fingerprint density at radius 2 is 2.00 bits per heavy atom. The van der Waals surface area contributed by atoms with Crippen LogP contribution in [0.4, 0.5) is 13.2 Å². The fourth-order valence-electron chi connectivity index (χ4n) is 3.06. The van der Waals surface area contributed by atoms with E-state index in [0.29, 0.717) is 25.9 Å². The maximum absolute atomic E-state index is 12.7. The molecule has 0 radical (unpaired) electrons. The van der Waals surface area contributed by atoms with Crippen LogP contribution in [0, 0.1) is 11.8 Å². The summed E-state index contributed by atoms with van der Waals surface area (Å²) in [5.74, 6) is -1.92. The molecule has 1 saturated carbocycles. The maximum atomic E-state index is 12.7. The number of nitrogens with zero attached hydrogens (tertiary/aromatic N) is 1. The van der Waals surface area contributed by atoms with Gasteiger partial charge in [-0.2, -0.15) is 13.2 Å². The minimum absolute atomic E-state index is 0.0530. The highest BCUT2D eigenvalue weighted by Gasteiger charge is 2.47. The van der Waals surface area contributed by atoms with E-state index >= 15 is 0 Å². The van der Waals surface area contributed by atoms with Crippen molar-refractivity contribution in [3.05, 3.63) is 0 Å². The zero-order valence-electron chi connectivity index (χ0n) is 11.2. The second-order valence-electron chi connectivity index (χ2n) is 6.01. The number of alkyl halides is 3. The first kappa shape index (κ1) is 14.6. The van der Waals surface area contributed by atoms with Gasteiger partial charge >= 0.3 is 6.18 Å². The zero-order valence-corrected chi connectivity index (χ0v) is 11.2. The Kier molecular flexibility index (Phi) is 3.82. The van der Waals surface area contributed by atoms with Gasteiger partial charge in [-0.1, -0.05) is 13.3 Å². The lowest BCUT2D eigenvalue weighted by molar-refractivity contribution is -0.188. The molecular formula is C13H21F3N2O. The van der Waals surface area contributed by atoms with Crippen LogP contribution in [0.5, 0.6) is 0 Å². The van der Waals surface area contributed by atoms with E-state index in [1.165, 1.54) is 0 Å². The lowest BCUT2D eigenvalue weighted by Crippen LogP contribution is -2.69. The molecule has 1 amide bonds. The van der Waals surface area contributed by atoms with Crippen molar-refractivity contribution in [2.24, 2.45) is 17.6 Å². The van der Waals surface area contributed by atoms with Gasteiger partial charge in [0.05, 0.1) is 11.5 Å². The van der Waals surface area contributed by atoms with Gasteiger partial charge in [-0.15, -0.1) is 0 Å². The minimum atomic E-state index is -4.17. The quantitative estimate of drug-likeness (QED) is 0.842. The number of amides is 1. The number of carbonyl (C=O) groups excluding carboxylic acids is 1. The van der Waals surface area contributed by atoms with E-state index in [1.54, 1.807) is 4.90 Å². The average Bonchev–Trinajstić information content (AvgIpc) is 2.33. The van der Waals surface area contributed by atoms with Gasteiger partial charge in [0, 0.05) is 19.0 Å². The number of rotatable bonds is 2. The van der Waals surface area contributed by atoms with Crippen molar-refractivity contribution in [3.63, 3.8) is 0 Å². The molecule has 2 unspecified atom stereocenters. The largest absolute Gasteiger partial charge is 0.391 e. The predicted molar refractivity (Wildman–Crippen MR) is 65.3 cm³/mol. The molecule has 1 heterocycles. The predicted octanol–water partition coefficient (Wildman–Crippen LogP) is 2.30. The highest BCUT2D eigenvalue weighted by molar-refractivity contribution is 5.80. The molecule has 110 valence electrons. The topological polar surface area (TPSA) is 46.3 Å². The van der Waals surface area contributed by atoms with E-state index < -0.39 is 18.0 Å². The third-order valence-electron chi connectivity index (χ3n) is 4.51. The van der Waals surface area contributed by atoms with Crippen LogP contribution in [0.25, 0.3) is 0 Å². The van der Waals surface area contributed by atoms with Gasteiger partial charge in [0.15, 0.2) is 0 Å². The summed E-state index contributed by atoms with van der Waals surface area (Å²) in [5.41, 5.74) is 5.66. The maximum Gasteiger partial charge on any atom is 0.391 e. The molecule has 1 aliphatic heterocycles. The van der Waals surface area contributed by atoms with E-state index in [-0.39, 0.29) is 24.3 Å². The van der Waals surface area contributed by atoms with E-state index in [4.69, 9.17) is 5.73 Å². The molecular weight excluding hydrogens is 257 g/mol. The lowest BCUT2D eigenvalue weighted by Gasteiger charge is -2.49. The Morgan fingerprint density at radius 1 is 1.37 bits per heavy atom. The third kappa shape index (κ3) is 3.04. The number of hydrogen-bond donors (Lipinski definition) is 1. The van der Waals surface area contributed by atoms with Crippen molar-refractivity contribution >= 4 is 5.91 Å². The molecule has 19 heavy (non-hydrogen) atoms. The van der Waals surface area contributed by atoms with Crippen molar-refractivity contribution in [2.45, 2.75) is 50.7 Å². The molecule has 0 aromatic rings. The first-order valence-corrected chi connectivity index (χ1v) is 6.89. The zero-order chi connectivity index (χ0) is 14.3. The summed E-state index contributed by atoms with van der Waals surface area (Å²) in [7, 11) is 0. The summed E-state index contributed by atoms with van der Waals surface area (Å²) in [4.78, 5) is 13.8. The number of hydrogen-bond acceptors (Lipinski definition) is 2. The highest BCUT2D eigenvalue weighted by atomic mass is 19.4. The van der Waals surface area contributed by atoms with Crippen LogP contribution in [-0.2, 0) is 4.79 Å². The molecule has 0 spiro atoms. The first-order chi connectivity index (χ1) is 8.75. The second kappa shape index (κ2) is 4.96. The Balaban J connectivity index is 1.90. The molecule has 6 heteroatoms. The van der Waals surface area contributed by atoms with Crippen LogP contribution in [0.3, 0.4) is 0 Å². The van der Waals surface area contributed by atoms with Crippen LogP contribution in [-0.4, -0.2) is 35.6 Å². The van der Waals surface area contributed by atoms with Crippen LogP contribution in [0.1, 0.15) is 39.0 Å². The molecule has 2 fully saturated rings. The Hall–Kier alpha value is -0.780. The minimum Gasteiger partial charge on any atom is -0.339 e. The first-order valence-electron chi connectivity index (χ1n) is 6.89. The lowest BCUT2D eigenvalue weighted by atomic mass is 9.78. The van der Waals surface area contributed by atoms with Gasteiger partial charge in [0.25, 0.3) is 0 Å². The van der Waals surface area contributed by atoms with Crippen molar-refractivity contribution in [2.75, 3.05) is 13.1 Å². The van der Waals surface area contributed by atoms with E-state index in [2.05, 4.69) is 0 Å². The molecule has 3 nitrogen and oxygen atoms in total. The summed E-state index contributed by atoms with van der Waals surface area (Å²) in [5, 5.41) is 0. The Morgan fingerprint density at radius 3 is 2.53 bits per heavy atom. The summed E-state index contributed by atoms with van der Waals surface area (Å²) < 4.78 is 38.1. The fourth-order valence-corrected chi connectivity index (χ4v) is 3.06. The molecule has 1 saturated heterocycles. The van der Waals surface area contributed by atoms with Gasteiger partial charge in [-0.05, 0) is 25.7 Å². The number of nitrogens with two attached hydrogens (primary N) is 1. The van der Waals surface area contributed by atoms with Crippen LogP contribution < -0.4 is 5.73 Å². The second-order valence-corrected chi connectivity index (χ2v) is 6.01. The molecule has 0 aromatic carbocycles. The van der Waals surface area contributed by atoms with Crippen LogP contribution in [0.2, 0.25) is 0 Å². The average molecular weight is 278 g/mol. The van der Waals surface area contributed by atoms with Gasteiger partial charge in [-0.3, -0.25) is 4.79 Å². The summed E-state index contributed by atoms with van der Waals surface area (Å²) in [6, 6.07) is 0. The van der Waals surface area contributed by atoms with Gasteiger partial charge in [0.2, 0.25) is 5.91 Å². The van der Waals surface area contributed by atoms with Gasteiger partial charge in [-0.25, -0.2) is 0 Å². The standard InChI is InChI=1S/C13H21F3N2O/c1-2-12(17)7-18(8-12)11(19)9-4-3-5-10(6-9)13(14,15)16/h9-10H,2-8,17H2,1H3. The van der Waals surface area contributed by atoms with E-state index in [9.17, 15) is 18.0 Å². The fraction of sp³-hybridized carbons (Fsp3) is 0.923. The highest BCUT2D eigenvalue weighted by Crippen LogP contribution is 2.41. The molecule has 0 bridgehead atoms. The van der Waals surface area contributed by atoms with Crippen LogP contribution in [0.15, 0.2) is 0 Å². The Bertz CT molecular complexity index is 350. The normalized spacial score (nSPS) is 30.9. The molecule has 2 N–H and O–H groups in total. The van der Waals surface area contributed by atoms with Gasteiger partial charge < -0.3 is 10.6 Å². The number of halogens is 3. The Labute approximate surface area is 111 Å². The smallest absolute Gasteiger partial charge is 0.339 e. The van der Waals surface area contributed by atoms with Gasteiger partial charge in [0.1, 0.15) is 0 Å². The number of carbonyl (C=O) groups is 1. The molecule has 0 aromatic heterocycles. The molecule has 1 aliphatic carbocycles. The SMILES string of the molecule is CCC1(N)CN(C(=O)C2CCCC(C(F)(F)F)C2)C1. The molecule has 2 rings (SSSR count). The monoisotopic (exact) mass is 278 g/mol. The van der Waals surface area contributed by atoms with Crippen molar-refractivity contribution in [1.82, 2.24) is 4.90 Å². The number of likely N-dealkylation sites (tertiary alicyclic amines) is 1. The van der Waals surface area contributed by atoms with Crippen LogP contribution >= 0.6 is 0 Å². The third-order valence-corrected chi connectivity index (χ3v) is 4.51. The molecule has 2 aliphatic rings. The summed E-state index contributed by atoms with van der Waals surface area (Å²) in [6.45, 7) is 2.92. The molecule has 2 atom stereocenters. The summed E-state index contributed by atoms with van der Waals surface area (Å²) in [6.07, 6.45) is -2.23. The van der Waals surface area contributed by atoms with Crippen molar-refractivity contribution in [1.29, 1.82) is 0 Å². The van der Waals surface area contributed by atoms with E-state index in [1.807, 2.05) is 6.92 Å². The van der Waals surface area contributed by atoms with Crippen molar-refractivity contribution < 1.29 is 18.0 Å². The summed E-state index contributed by atoms with van der Waals surface area (Å²) >= 11 is 0. The van der Waals surface area contributed by atoms with Crippen molar-refractivity contribution in [3.8, 4) is 0 Å².